The molecule has 1 N–H and O–H groups in total. The lowest BCUT2D eigenvalue weighted by Gasteiger charge is -2.32. The van der Waals surface area contributed by atoms with Crippen molar-refractivity contribution < 1.29 is 17.9 Å². The molecular formula is C14H19F3N6O. The Bertz CT molecular complexity index is 710. The summed E-state index contributed by atoms with van der Waals surface area (Å²) in [5.74, 6) is -0.811. The maximum Gasteiger partial charge on any atom is 0.453 e. The fraction of sp³-hybridized carbons (Fsp3) is 0.643. The minimum atomic E-state index is -4.60. The van der Waals surface area contributed by atoms with Gasteiger partial charge in [0.2, 0.25) is 0 Å². The molecule has 1 aliphatic heterocycles. The van der Waals surface area contributed by atoms with Crippen molar-refractivity contribution in [2.24, 2.45) is 0 Å². The number of morpholine rings is 1. The summed E-state index contributed by atoms with van der Waals surface area (Å²) in [6, 6.07) is 1.87. The molecule has 3 rings (SSSR count). The van der Waals surface area contributed by atoms with Gasteiger partial charge in [-0.25, -0.2) is 4.98 Å². The molecular weight excluding hydrogens is 325 g/mol. The standard InChI is InChI=1S/C14H19F3N6O/c1-9-7-11(18-8-10(2)22-3-5-24-6-4-22)23-13(19-9)20-12(21-23)14(15,16)17/h7,10,18H,3-6,8H2,1-2H3/t10-/m1/s1. The zero-order valence-electron chi connectivity index (χ0n) is 13.5. The summed E-state index contributed by atoms with van der Waals surface area (Å²) in [6.45, 7) is 7.41. The molecule has 2 aromatic heterocycles. The highest BCUT2D eigenvalue weighted by Gasteiger charge is 2.36. The second-order valence-corrected chi connectivity index (χ2v) is 5.81. The zero-order chi connectivity index (χ0) is 17.3. The molecule has 10 heteroatoms. The monoisotopic (exact) mass is 344 g/mol. The van der Waals surface area contributed by atoms with Crippen LogP contribution < -0.4 is 5.32 Å². The number of rotatable bonds is 4. The SMILES string of the molecule is Cc1cc(NC[C@@H](C)N2CCOCC2)n2nc(C(F)(F)F)nc2n1. The number of aromatic nitrogens is 4. The van der Waals surface area contributed by atoms with Crippen LogP contribution in [0.25, 0.3) is 5.78 Å². The van der Waals surface area contributed by atoms with Crippen LogP contribution in [-0.4, -0.2) is 63.4 Å². The summed E-state index contributed by atoms with van der Waals surface area (Å²) in [6.07, 6.45) is -4.60. The summed E-state index contributed by atoms with van der Waals surface area (Å²) < 4.78 is 44.9. The van der Waals surface area contributed by atoms with Crippen LogP contribution >= 0.6 is 0 Å². The zero-order valence-corrected chi connectivity index (χ0v) is 13.5. The molecule has 0 radical (unpaired) electrons. The molecule has 0 saturated carbocycles. The van der Waals surface area contributed by atoms with Gasteiger partial charge in [0, 0.05) is 37.4 Å². The number of alkyl halides is 3. The minimum absolute atomic E-state index is 0.0659. The van der Waals surface area contributed by atoms with E-state index in [1.54, 1.807) is 13.0 Å². The molecule has 0 aromatic carbocycles. The van der Waals surface area contributed by atoms with Gasteiger partial charge in [-0.2, -0.15) is 22.7 Å². The van der Waals surface area contributed by atoms with Crippen molar-refractivity contribution in [2.45, 2.75) is 26.1 Å². The minimum Gasteiger partial charge on any atom is -0.379 e. The Balaban J connectivity index is 1.79. The molecule has 2 aromatic rings. The van der Waals surface area contributed by atoms with Crippen LogP contribution in [0.1, 0.15) is 18.4 Å². The number of aryl methyl sites for hydroxylation is 1. The normalized spacial score (nSPS) is 18.0. The quantitative estimate of drug-likeness (QED) is 0.908. The summed E-state index contributed by atoms with van der Waals surface area (Å²) in [5.41, 5.74) is 0.574. The molecule has 7 nitrogen and oxygen atoms in total. The third kappa shape index (κ3) is 3.59. The Morgan fingerprint density at radius 2 is 2.00 bits per heavy atom. The van der Waals surface area contributed by atoms with E-state index in [0.29, 0.717) is 31.3 Å². The molecule has 3 heterocycles. The van der Waals surface area contributed by atoms with Gasteiger partial charge in [-0.3, -0.25) is 4.90 Å². The molecule has 0 amide bonds. The van der Waals surface area contributed by atoms with Crippen molar-refractivity contribution in [1.82, 2.24) is 24.5 Å². The van der Waals surface area contributed by atoms with Crippen molar-refractivity contribution in [3.8, 4) is 0 Å². The average molecular weight is 344 g/mol. The van der Waals surface area contributed by atoms with Gasteiger partial charge >= 0.3 is 6.18 Å². The number of hydrogen-bond acceptors (Lipinski definition) is 6. The third-order valence-electron chi connectivity index (χ3n) is 3.94. The predicted octanol–water partition coefficient (Wildman–Crippen LogP) is 1.58. The molecule has 1 fully saturated rings. The average Bonchev–Trinajstić information content (AvgIpc) is 2.97. The Morgan fingerprint density at radius 1 is 1.29 bits per heavy atom. The van der Waals surface area contributed by atoms with Crippen LogP contribution in [0, 0.1) is 6.92 Å². The van der Waals surface area contributed by atoms with Crippen LogP contribution in [0.4, 0.5) is 19.0 Å². The van der Waals surface area contributed by atoms with Gasteiger partial charge in [-0.15, -0.1) is 5.10 Å². The molecule has 1 aliphatic rings. The third-order valence-corrected chi connectivity index (χ3v) is 3.94. The van der Waals surface area contributed by atoms with Crippen molar-refractivity contribution in [2.75, 3.05) is 38.2 Å². The first-order chi connectivity index (χ1) is 11.3. The highest BCUT2D eigenvalue weighted by molar-refractivity contribution is 5.45. The first-order valence-corrected chi connectivity index (χ1v) is 7.72. The first-order valence-electron chi connectivity index (χ1n) is 7.72. The topological polar surface area (TPSA) is 67.6 Å². The summed E-state index contributed by atoms with van der Waals surface area (Å²) in [7, 11) is 0. The summed E-state index contributed by atoms with van der Waals surface area (Å²) in [5, 5.41) is 6.70. The number of nitrogens with one attached hydrogen (secondary N) is 1. The number of nitrogens with zero attached hydrogens (tertiary/aromatic N) is 5. The van der Waals surface area contributed by atoms with E-state index in [1.807, 2.05) is 0 Å². The van der Waals surface area contributed by atoms with E-state index < -0.39 is 12.0 Å². The summed E-state index contributed by atoms with van der Waals surface area (Å²) in [4.78, 5) is 9.75. The predicted molar refractivity (Wildman–Crippen MR) is 80.9 cm³/mol. The number of hydrogen-bond donors (Lipinski definition) is 1. The molecule has 0 spiro atoms. The van der Waals surface area contributed by atoms with E-state index in [1.165, 1.54) is 0 Å². The van der Waals surface area contributed by atoms with Crippen molar-refractivity contribution in [3.63, 3.8) is 0 Å². The molecule has 132 valence electrons. The molecule has 1 saturated heterocycles. The van der Waals surface area contributed by atoms with E-state index in [9.17, 15) is 13.2 Å². The largest absolute Gasteiger partial charge is 0.453 e. The molecule has 24 heavy (non-hydrogen) atoms. The highest BCUT2D eigenvalue weighted by Crippen LogP contribution is 2.27. The Kier molecular flexibility index (Phi) is 4.59. The van der Waals surface area contributed by atoms with Crippen LogP contribution in [0.5, 0.6) is 0 Å². The summed E-state index contributed by atoms with van der Waals surface area (Å²) >= 11 is 0. The lowest BCUT2D eigenvalue weighted by molar-refractivity contribution is -0.144. The Labute approximate surface area is 136 Å². The van der Waals surface area contributed by atoms with Gasteiger partial charge in [0.1, 0.15) is 5.82 Å². The van der Waals surface area contributed by atoms with Gasteiger partial charge in [0.25, 0.3) is 11.6 Å². The maximum absolute atomic E-state index is 12.8. The van der Waals surface area contributed by atoms with E-state index >= 15 is 0 Å². The molecule has 0 bridgehead atoms. The van der Waals surface area contributed by atoms with Crippen molar-refractivity contribution in [3.05, 3.63) is 17.6 Å². The van der Waals surface area contributed by atoms with Crippen LogP contribution in [0.2, 0.25) is 0 Å². The van der Waals surface area contributed by atoms with Gasteiger partial charge in [-0.1, -0.05) is 0 Å². The van der Waals surface area contributed by atoms with Gasteiger partial charge in [-0.05, 0) is 13.8 Å². The first kappa shape index (κ1) is 16.9. The van der Waals surface area contributed by atoms with Gasteiger partial charge < -0.3 is 10.1 Å². The fourth-order valence-corrected chi connectivity index (χ4v) is 2.63. The van der Waals surface area contributed by atoms with Crippen molar-refractivity contribution >= 4 is 11.6 Å². The fourth-order valence-electron chi connectivity index (χ4n) is 2.63. The molecule has 0 aliphatic carbocycles. The smallest absolute Gasteiger partial charge is 0.379 e. The molecule has 1 atom stereocenters. The van der Waals surface area contributed by atoms with E-state index in [0.717, 1.165) is 17.6 Å². The van der Waals surface area contributed by atoms with E-state index in [4.69, 9.17) is 4.74 Å². The number of halogens is 3. The number of fused-ring (bicyclic) bond motifs is 1. The van der Waals surface area contributed by atoms with Gasteiger partial charge in [0.05, 0.1) is 13.2 Å². The second kappa shape index (κ2) is 6.52. The van der Waals surface area contributed by atoms with Crippen LogP contribution in [0.3, 0.4) is 0 Å². The second-order valence-electron chi connectivity index (χ2n) is 5.81. The van der Waals surface area contributed by atoms with Crippen molar-refractivity contribution in [1.29, 1.82) is 0 Å². The van der Waals surface area contributed by atoms with E-state index in [-0.39, 0.29) is 11.8 Å². The maximum atomic E-state index is 12.8. The highest BCUT2D eigenvalue weighted by atomic mass is 19.4. The van der Waals surface area contributed by atoms with Crippen LogP contribution in [-0.2, 0) is 10.9 Å². The lowest BCUT2D eigenvalue weighted by atomic mass is 10.2. The lowest BCUT2D eigenvalue weighted by Crippen LogP contribution is -2.45. The number of anilines is 1. The molecule has 0 unspecified atom stereocenters. The Hall–Kier alpha value is -1.94. The number of ether oxygens (including phenoxy) is 1. The Morgan fingerprint density at radius 3 is 2.67 bits per heavy atom. The van der Waals surface area contributed by atoms with Crippen LogP contribution in [0.15, 0.2) is 6.07 Å². The van der Waals surface area contributed by atoms with E-state index in [2.05, 4.69) is 32.2 Å². The van der Waals surface area contributed by atoms with Gasteiger partial charge in [0.15, 0.2) is 0 Å².